The number of hydrogen-bond donors (Lipinski definition) is 2. The quantitative estimate of drug-likeness (QED) is 0.693. The van der Waals surface area contributed by atoms with Crippen LogP contribution < -0.4 is 5.73 Å². The van der Waals surface area contributed by atoms with E-state index in [4.69, 9.17) is 5.73 Å². The molecule has 3 N–H and O–H groups in total. The number of aliphatic hydroxyl groups is 1. The van der Waals surface area contributed by atoms with Gasteiger partial charge < -0.3 is 20.5 Å². The summed E-state index contributed by atoms with van der Waals surface area (Å²) in [5.41, 5.74) is 6.07. The van der Waals surface area contributed by atoms with Crippen LogP contribution in [0.25, 0.3) is 0 Å². The van der Waals surface area contributed by atoms with Gasteiger partial charge in [-0.3, -0.25) is 4.79 Å². The van der Waals surface area contributed by atoms with Crippen molar-refractivity contribution in [1.82, 2.24) is 4.90 Å². The number of rotatable bonds is 6. The number of esters is 1. The first-order valence-corrected chi connectivity index (χ1v) is 7.15. The second kappa shape index (κ2) is 7.82. The highest BCUT2D eigenvalue weighted by Crippen LogP contribution is 2.23. The smallest absolute Gasteiger partial charge is 0.306 e. The lowest BCUT2D eigenvalue weighted by Gasteiger charge is -2.37. The number of carbonyl (C=O) groups excluding carboxylic acids is 1. The van der Waals surface area contributed by atoms with Gasteiger partial charge in [-0.25, -0.2) is 0 Å². The third-order valence-electron chi connectivity index (χ3n) is 3.85. The third kappa shape index (κ3) is 5.89. The maximum atomic E-state index is 11.2. The Labute approximate surface area is 116 Å². The molecule has 3 atom stereocenters. The number of ether oxygens (including phenoxy) is 1. The van der Waals surface area contributed by atoms with E-state index in [1.54, 1.807) is 0 Å². The molecule has 1 aliphatic rings. The highest BCUT2D eigenvalue weighted by molar-refractivity contribution is 5.69. The summed E-state index contributed by atoms with van der Waals surface area (Å²) in [6.07, 6.45) is 1.89. The van der Waals surface area contributed by atoms with Gasteiger partial charge in [0.15, 0.2) is 0 Å². The summed E-state index contributed by atoms with van der Waals surface area (Å²) in [5.74, 6) is 0.512. The molecule has 0 aromatic rings. The Bertz CT molecular complexity index is 284. The van der Waals surface area contributed by atoms with Gasteiger partial charge in [0.1, 0.15) is 0 Å². The molecule has 1 heterocycles. The van der Waals surface area contributed by atoms with Gasteiger partial charge in [0.2, 0.25) is 0 Å². The minimum Gasteiger partial charge on any atom is -0.469 e. The van der Waals surface area contributed by atoms with Crippen LogP contribution in [0.4, 0.5) is 0 Å². The topological polar surface area (TPSA) is 75.8 Å². The molecule has 0 spiro atoms. The van der Waals surface area contributed by atoms with Crippen molar-refractivity contribution in [2.24, 2.45) is 17.6 Å². The van der Waals surface area contributed by atoms with E-state index in [1.165, 1.54) is 7.11 Å². The van der Waals surface area contributed by atoms with Crippen molar-refractivity contribution in [2.45, 2.75) is 45.3 Å². The number of hydrogen-bond acceptors (Lipinski definition) is 5. The van der Waals surface area contributed by atoms with E-state index in [0.29, 0.717) is 18.9 Å². The molecular formula is C14H28N2O3. The monoisotopic (exact) mass is 272 g/mol. The maximum absolute atomic E-state index is 11.2. The molecule has 0 saturated carbocycles. The Morgan fingerprint density at radius 2 is 2.16 bits per heavy atom. The second-order valence-corrected chi connectivity index (χ2v) is 5.99. The van der Waals surface area contributed by atoms with Gasteiger partial charge >= 0.3 is 5.97 Å². The van der Waals surface area contributed by atoms with Crippen molar-refractivity contribution in [3.05, 3.63) is 0 Å². The van der Waals surface area contributed by atoms with E-state index in [9.17, 15) is 9.90 Å². The van der Waals surface area contributed by atoms with Crippen molar-refractivity contribution in [1.29, 1.82) is 0 Å². The molecule has 5 heteroatoms. The molecule has 0 aliphatic carbocycles. The van der Waals surface area contributed by atoms with Crippen LogP contribution in [-0.2, 0) is 9.53 Å². The van der Waals surface area contributed by atoms with Gasteiger partial charge in [0.25, 0.3) is 0 Å². The van der Waals surface area contributed by atoms with Gasteiger partial charge in [0.05, 0.1) is 19.6 Å². The number of likely N-dealkylation sites (tertiary alicyclic amines) is 1. The number of carbonyl (C=O) groups is 1. The number of aliphatic hydroxyl groups excluding tert-OH is 1. The van der Waals surface area contributed by atoms with Gasteiger partial charge in [-0.15, -0.1) is 0 Å². The molecule has 112 valence electrons. The van der Waals surface area contributed by atoms with Crippen molar-refractivity contribution >= 4 is 5.97 Å². The van der Waals surface area contributed by atoms with Gasteiger partial charge in [-0.1, -0.05) is 13.8 Å². The third-order valence-corrected chi connectivity index (χ3v) is 3.85. The first-order valence-electron chi connectivity index (χ1n) is 7.15. The first kappa shape index (κ1) is 16.4. The molecular weight excluding hydrogens is 244 g/mol. The lowest BCUT2D eigenvalue weighted by atomic mass is 9.87. The normalized spacial score (nSPS) is 26.4. The van der Waals surface area contributed by atoms with E-state index < -0.39 is 0 Å². The molecule has 0 radical (unpaired) electrons. The van der Waals surface area contributed by atoms with Crippen molar-refractivity contribution < 1.29 is 14.6 Å². The van der Waals surface area contributed by atoms with Crippen LogP contribution in [0.3, 0.4) is 0 Å². The molecule has 3 unspecified atom stereocenters. The Hall–Kier alpha value is -0.650. The summed E-state index contributed by atoms with van der Waals surface area (Å²) in [5, 5.41) is 9.97. The van der Waals surface area contributed by atoms with E-state index >= 15 is 0 Å². The molecule has 1 saturated heterocycles. The van der Waals surface area contributed by atoms with Gasteiger partial charge in [-0.2, -0.15) is 0 Å². The first-order chi connectivity index (χ1) is 8.92. The summed E-state index contributed by atoms with van der Waals surface area (Å²) in [4.78, 5) is 13.4. The number of nitrogens with two attached hydrogens (primary N) is 1. The lowest BCUT2D eigenvalue weighted by molar-refractivity contribution is -0.141. The zero-order valence-electron chi connectivity index (χ0n) is 12.3. The van der Waals surface area contributed by atoms with Crippen LogP contribution in [0, 0.1) is 11.8 Å². The maximum Gasteiger partial charge on any atom is 0.306 e. The SMILES string of the molecule is COC(=O)CCN1CC(N)CC(CC(O)C(C)C)C1. The van der Waals surface area contributed by atoms with Gasteiger partial charge in [-0.05, 0) is 24.7 Å². The number of piperidine rings is 1. The van der Waals surface area contributed by atoms with E-state index in [-0.39, 0.29) is 24.0 Å². The summed E-state index contributed by atoms with van der Waals surface area (Å²) in [6, 6.07) is 0.135. The molecule has 0 aromatic heterocycles. The number of nitrogens with zero attached hydrogens (tertiary/aromatic N) is 1. The van der Waals surface area contributed by atoms with Gasteiger partial charge in [0, 0.05) is 25.7 Å². The zero-order valence-corrected chi connectivity index (χ0v) is 12.3. The standard InChI is InChI=1S/C14H28N2O3/c1-10(2)13(17)7-11-6-12(15)9-16(8-11)5-4-14(18)19-3/h10-13,17H,4-9,15H2,1-3H3. The second-order valence-electron chi connectivity index (χ2n) is 5.99. The molecule has 0 amide bonds. The average Bonchev–Trinajstić information content (AvgIpc) is 2.35. The van der Waals surface area contributed by atoms with Crippen molar-refractivity contribution in [2.75, 3.05) is 26.7 Å². The fraction of sp³-hybridized carbons (Fsp3) is 0.929. The predicted octanol–water partition coefficient (Wildman–Crippen LogP) is 0.606. The molecule has 1 rings (SSSR count). The Morgan fingerprint density at radius 3 is 2.74 bits per heavy atom. The highest BCUT2D eigenvalue weighted by Gasteiger charge is 2.27. The van der Waals surface area contributed by atoms with Crippen molar-refractivity contribution in [3.8, 4) is 0 Å². The van der Waals surface area contributed by atoms with E-state index in [2.05, 4.69) is 9.64 Å². The Morgan fingerprint density at radius 1 is 1.47 bits per heavy atom. The highest BCUT2D eigenvalue weighted by atomic mass is 16.5. The fourth-order valence-corrected chi connectivity index (χ4v) is 2.67. The van der Waals surface area contributed by atoms with Crippen LogP contribution in [0.5, 0.6) is 0 Å². The molecule has 1 aliphatic heterocycles. The van der Waals surface area contributed by atoms with Crippen LogP contribution in [-0.4, -0.2) is 54.9 Å². The summed E-state index contributed by atoms with van der Waals surface area (Å²) in [6.45, 7) is 6.49. The zero-order chi connectivity index (χ0) is 14.4. The molecule has 0 aromatic carbocycles. The predicted molar refractivity (Wildman–Crippen MR) is 74.6 cm³/mol. The minimum atomic E-state index is -0.266. The average molecular weight is 272 g/mol. The van der Waals surface area contributed by atoms with Crippen LogP contribution in [0.1, 0.15) is 33.1 Å². The largest absolute Gasteiger partial charge is 0.469 e. The lowest BCUT2D eigenvalue weighted by Crippen LogP contribution is -2.48. The summed E-state index contributed by atoms with van der Waals surface area (Å²) >= 11 is 0. The molecule has 1 fully saturated rings. The summed E-state index contributed by atoms with van der Waals surface area (Å²) < 4.78 is 4.65. The minimum absolute atomic E-state index is 0.135. The van der Waals surface area contributed by atoms with Crippen LogP contribution in [0.15, 0.2) is 0 Å². The molecule has 19 heavy (non-hydrogen) atoms. The Kier molecular flexibility index (Phi) is 6.75. The van der Waals surface area contributed by atoms with E-state index in [1.807, 2.05) is 13.8 Å². The van der Waals surface area contributed by atoms with Crippen molar-refractivity contribution in [3.63, 3.8) is 0 Å². The fourth-order valence-electron chi connectivity index (χ4n) is 2.67. The summed E-state index contributed by atoms with van der Waals surface area (Å²) in [7, 11) is 1.41. The molecule has 0 bridgehead atoms. The molecule has 5 nitrogen and oxygen atoms in total. The number of methoxy groups -OCH3 is 1. The van der Waals surface area contributed by atoms with Crippen LogP contribution >= 0.6 is 0 Å². The van der Waals surface area contributed by atoms with Crippen LogP contribution in [0.2, 0.25) is 0 Å². The Balaban J connectivity index is 2.41. The van der Waals surface area contributed by atoms with E-state index in [0.717, 1.165) is 25.9 Å².